The lowest BCUT2D eigenvalue weighted by Gasteiger charge is -2.15. The largest absolute Gasteiger partial charge is 0.449 e. The summed E-state index contributed by atoms with van der Waals surface area (Å²) < 4.78 is 18.4. The van der Waals surface area contributed by atoms with Gasteiger partial charge in [0.25, 0.3) is 5.91 Å². The molecule has 0 aliphatic carbocycles. The maximum atomic E-state index is 13.0. The van der Waals surface area contributed by atoms with Gasteiger partial charge in [-0.15, -0.1) is 0 Å². The molecule has 0 aliphatic rings. The molecule has 1 N–H and O–H groups in total. The number of carbonyl (C=O) groups excluding carboxylic acids is 2. The Kier molecular flexibility index (Phi) is 6.22. The highest BCUT2D eigenvalue weighted by molar-refractivity contribution is 6.04. The Morgan fingerprint density at radius 3 is 2.45 bits per heavy atom. The van der Waals surface area contributed by atoms with Crippen LogP contribution in [0.1, 0.15) is 48.3 Å². The molecule has 1 aromatic heterocycles. The molecular formula is C23H23FN2O3. The Balaban J connectivity index is 1.72. The second-order valence-electron chi connectivity index (χ2n) is 7.16. The summed E-state index contributed by atoms with van der Waals surface area (Å²) in [5.41, 5.74) is 2.63. The van der Waals surface area contributed by atoms with Gasteiger partial charge in [0, 0.05) is 17.6 Å². The highest BCUT2D eigenvalue weighted by Gasteiger charge is 2.21. The van der Waals surface area contributed by atoms with Gasteiger partial charge in [0.2, 0.25) is 0 Å². The van der Waals surface area contributed by atoms with E-state index in [2.05, 4.69) is 10.3 Å². The van der Waals surface area contributed by atoms with Crippen LogP contribution in [-0.4, -0.2) is 23.0 Å². The topological polar surface area (TPSA) is 68.3 Å². The van der Waals surface area contributed by atoms with Gasteiger partial charge < -0.3 is 10.1 Å². The number of rotatable bonds is 6. The summed E-state index contributed by atoms with van der Waals surface area (Å²) in [6.07, 6.45) is -0.975. The van der Waals surface area contributed by atoms with Gasteiger partial charge in [0.1, 0.15) is 5.82 Å². The monoisotopic (exact) mass is 394 g/mol. The van der Waals surface area contributed by atoms with E-state index in [0.29, 0.717) is 16.5 Å². The fourth-order valence-electron chi connectivity index (χ4n) is 2.87. The molecule has 0 aliphatic heterocycles. The van der Waals surface area contributed by atoms with Crippen LogP contribution < -0.4 is 5.32 Å². The van der Waals surface area contributed by atoms with Gasteiger partial charge in [-0.25, -0.2) is 9.18 Å². The summed E-state index contributed by atoms with van der Waals surface area (Å²) in [6.45, 7) is 5.73. The van der Waals surface area contributed by atoms with Crippen molar-refractivity contribution in [1.29, 1.82) is 0 Å². The van der Waals surface area contributed by atoms with Crippen LogP contribution in [0, 0.1) is 5.82 Å². The van der Waals surface area contributed by atoms with E-state index in [4.69, 9.17) is 4.74 Å². The van der Waals surface area contributed by atoms with Crippen LogP contribution in [0.15, 0.2) is 54.6 Å². The van der Waals surface area contributed by atoms with E-state index < -0.39 is 18.0 Å². The van der Waals surface area contributed by atoms with Gasteiger partial charge in [-0.2, -0.15) is 0 Å². The number of halogens is 1. The smallest absolute Gasteiger partial charge is 0.339 e. The van der Waals surface area contributed by atoms with Crippen LogP contribution in [-0.2, 0) is 16.1 Å². The average Bonchev–Trinajstić information content (AvgIpc) is 2.72. The number of amides is 1. The van der Waals surface area contributed by atoms with E-state index in [0.717, 1.165) is 11.3 Å². The van der Waals surface area contributed by atoms with Crippen molar-refractivity contribution in [3.63, 3.8) is 0 Å². The number of ether oxygens (including phenoxy) is 1. The van der Waals surface area contributed by atoms with E-state index >= 15 is 0 Å². The first kappa shape index (κ1) is 20.5. The first-order valence-electron chi connectivity index (χ1n) is 9.48. The molecule has 1 amide bonds. The van der Waals surface area contributed by atoms with Crippen molar-refractivity contribution in [1.82, 2.24) is 10.3 Å². The molecule has 0 bridgehead atoms. The van der Waals surface area contributed by atoms with Crippen molar-refractivity contribution in [2.75, 3.05) is 0 Å². The lowest BCUT2D eigenvalue weighted by molar-refractivity contribution is -0.129. The Morgan fingerprint density at radius 2 is 1.76 bits per heavy atom. The Labute approximate surface area is 168 Å². The van der Waals surface area contributed by atoms with E-state index in [-0.39, 0.29) is 18.3 Å². The van der Waals surface area contributed by atoms with Crippen molar-refractivity contribution in [3.05, 3.63) is 77.2 Å². The Morgan fingerprint density at radius 1 is 1.07 bits per heavy atom. The van der Waals surface area contributed by atoms with Gasteiger partial charge >= 0.3 is 5.97 Å². The number of aromatic nitrogens is 1. The molecule has 3 aromatic rings. The molecule has 0 fully saturated rings. The van der Waals surface area contributed by atoms with Gasteiger partial charge in [-0.3, -0.25) is 9.78 Å². The van der Waals surface area contributed by atoms with E-state index in [1.54, 1.807) is 18.2 Å². The number of nitrogens with zero attached hydrogens (tertiary/aromatic N) is 1. The Bertz CT molecular complexity index is 1030. The van der Waals surface area contributed by atoms with Crippen molar-refractivity contribution in [2.24, 2.45) is 0 Å². The van der Waals surface area contributed by atoms with Gasteiger partial charge in [-0.05, 0) is 42.7 Å². The molecule has 6 heteroatoms. The molecular weight excluding hydrogens is 371 g/mol. The van der Waals surface area contributed by atoms with Crippen molar-refractivity contribution >= 4 is 22.8 Å². The molecule has 1 heterocycles. The van der Waals surface area contributed by atoms with Gasteiger partial charge in [0.15, 0.2) is 6.10 Å². The maximum absolute atomic E-state index is 13.0. The van der Waals surface area contributed by atoms with Crippen molar-refractivity contribution in [2.45, 2.75) is 39.3 Å². The number of benzene rings is 2. The molecule has 0 spiro atoms. The average molecular weight is 394 g/mol. The predicted octanol–water partition coefficient (Wildman–Crippen LogP) is 4.36. The molecule has 0 saturated heterocycles. The van der Waals surface area contributed by atoms with E-state index in [1.807, 2.05) is 38.1 Å². The molecule has 0 saturated carbocycles. The molecule has 5 nitrogen and oxygen atoms in total. The maximum Gasteiger partial charge on any atom is 0.339 e. The summed E-state index contributed by atoms with van der Waals surface area (Å²) in [4.78, 5) is 29.7. The number of esters is 1. The zero-order valence-electron chi connectivity index (χ0n) is 16.6. The van der Waals surface area contributed by atoms with Crippen molar-refractivity contribution < 1.29 is 18.7 Å². The van der Waals surface area contributed by atoms with E-state index in [9.17, 15) is 14.0 Å². The fraction of sp³-hybridized carbons (Fsp3) is 0.261. The summed E-state index contributed by atoms with van der Waals surface area (Å²) in [7, 11) is 0. The Hall–Kier alpha value is -3.28. The minimum Gasteiger partial charge on any atom is -0.449 e. The van der Waals surface area contributed by atoms with Crippen molar-refractivity contribution in [3.8, 4) is 0 Å². The number of nitrogens with one attached hydrogen (secondary N) is 1. The summed E-state index contributed by atoms with van der Waals surface area (Å²) >= 11 is 0. The van der Waals surface area contributed by atoms with Crippen LogP contribution in [0.2, 0.25) is 0 Å². The number of hydrogen-bond acceptors (Lipinski definition) is 4. The molecule has 1 atom stereocenters. The summed E-state index contributed by atoms with van der Waals surface area (Å²) in [5.74, 6) is -1.20. The van der Waals surface area contributed by atoms with Gasteiger partial charge in [0.05, 0.1) is 11.1 Å². The second kappa shape index (κ2) is 8.82. The first-order chi connectivity index (χ1) is 13.8. The molecule has 2 aromatic carbocycles. The van der Waals surface area contributed by atoms with Crippen LogP contribution in [0.4, 0.5) is 4.39 Å². The normalized spacial score (nSPS) is 12.0. The molecule has 29 heavy (non-hydrogen) atoms. The highest BCUT2D eigenvalue weighted by atomic mass is 19.1. The van der Waals surface area contributed by atoms with Crippen LogP contribution in [0.25, 0.3) is 10.9 Å². The zero-order chi connectivity index (χ0) is 21.0. The molecule has 150 valence electrons. The van der Waals surface area contributed by atoms with Crippen LogP contribution in [0.5, 0.6) is 0 Å². The van der Waals surface area contributed by atoms with Crippen LogP contribution in [0.3, 0.4) is 0 Å². The standard InChI is InChI=1S/C23H23FN2O3/c1-14(2)21-12-19(18-6-4-5-7-20(18)26-21)23(28)29-15(3)22(27)25-13-16-8-10-17(24)11-9-16/h4-12,14-15H,13H2,1-3H3,(H,25,27). The molecule has 1 unspecified atom stereocenters. The van der Waals surface area contributed by atoms with Gasteiger partial charge in [-0.1, -0.05) is 44.2 Å². The molecule has 3 rings (SSSR count). The second-order valence-corrected chi connectivity index (χ2v) is 7.16. The zero-order valence-corrected chi connectivity index (χ0v) is 16.6. The number of hydrogen-bond donors (Lipinski definition) is 1. The SMILES string of the molecule is CC(OC(=O)c1cc(C(C)C)nc2ccccc12)C(=O)NCc1ccc(F)cc1. The minimum atomic E-state index is -0.975. The van der Waals surface area contributed by atoms with Crippen LogP contribution >= 0.6 is 0 Å². The third-order valence-electron chi connectivity index (χ3n) is 4.58. The first-order valence-corrected chi connectivity index (χ1v) is 9.48. The number of fused-ring (bicyclic) bond motifs is 1. The molecule has 0 radical (unpaired) electrons. The third-order valence-corrected chi connectivity index (χ3v) is 4.58. The third kappa shape index (κ3) is 4.96. The van der Waals surface area contributed by atoms with E-state index in [1.165, 1.54) is 19.1 Å². The summed E-state index contributed by atoms with van der Waals surface area (Å²) in [6, 6.07) is 14.9. The predicted molar refractivity (Wildman–Crippen MR) is 109 cm³/mol. The summed E-state index contributed by atoms with van der Waals surface area (Å²) in [5, 5.41) is 3.37. The minimum absolute atomic E-state index is 0.141. The lowest BCUT2D eigenvalue weighted by Crippen LogP contribution is -2.35. The lowest BCUT2D eigenvalue weighted by atomic mass is 10.0. The fourth-order valence-corrected chi connectivity index (χ4v) is 2.87. The number of pyridine rings is 1. The quantitative estimate of drug-likeness (QED) is 0.631. The number of carbonyl (C=O) groups is 2. The highest BCUT2D eigenvalue weighted by Crippen LogP contribution is 2.23. The number of para-hydroxylation sites is 1.